The Labute approximate surface area is 135 Å². The Morgan fingerprint density at radius 3 is 2.17 bits per heavy atom. The van der Waals surface area contributed by atoms with Gasteiger partial charge in [-0.25, -0.2) is 13.2 Å². The molecule has 0 atom stereocenters. The summed E-state index contributed by atoms with van der Waals surface area (Å²) in [6.45, 7) is 2.30. The van der Waals surface area contributed by atoms with Crippen LogP contribution in [0.2, 0.25) is 0 Å². The van der Waals surface area contributed by atoms with Gasteiger partial charge in [0, 0.05) is 5.69 Å². The summed E-state index contributed by atoms with van der Waals surface area (Å²) in [5.74, 6) is -6.46. The van der Waals surface area contributed by atoms with Gasteiger partial charge in [-0.1, -0.05) is 0 Å². The second kappa shape index (κ2) is 7.49. The minimum atomic E-state index is -1.74. The van der Waals surface area contributed by atoms with Gasteiger partial charge in [0.2, 0.25) is 0 Å². The maximum atomic E-state index is 13.5. The van der Waals surface area contributed by atoms with Gasteiger partial charge in [-0.2, -0.15) is 0 Å². The molecule has 0 aliphatic carbocycles. The number of rotatable bonds is 4. The van der Waals surface area contributed by atoms with E-state index >= 15 is 0 Å². The van der Waals surface area contributed by atoms with Crippen LogP contribution < -0.4 is 15.4 Å². The van der Waals surface area contributed by atoms with Crippen molar-refractivity contribution in [3.05, 3.63) is 53.8 Å². The van der Waals surface area contributed by atoms with Crippen molar-refractivity contribution < 1.29 is 27.5 Å². The van der Waals surface area contributed by atoms with Gasteiger partial charge in [-0.15, -0.1) is 0 Å². The molecule has 126 valence electrons. The number of ether oxygens (including phenoxy) is 1. The van der Waals surface area contributed by atoms with E-state index in [-0.39, 0.29) is 0 Å². The molecule has 5 nitrogen and oxygen atoms in total. The summed E-state index contributed by atoms with van der Waals surface area (Å²) in [5.41, 5.74) is -0.329. The Morgan fingerprint density at radius 2 is 1.54 bits per heavy atom. The number of hydrogen-bond donors (Lipinski definition) is 2. The number of carbonyl (C=O) groups excluding carboxylic acids is 2. The minimum Gasteiger partial charge on any atom is -0.494 e. The summed E-state index contributed by atoms with van der Waals surface area (Å²) in [6, 6.07) is 7.65. The van der Waals surface area contributed by atoms with Crippen molar-refractivity contribution in [2.45, 2.75) is 6.92 Å². The van der Waals surface area contributed by atoms with Gasteiger partial charge in [-0.3, -0.25) is 9.59 Å². The van der Waals surface area contributed by atoms with Crippen LogP contribution in [0.4, 0.5) is 24.5 Å². The van der Waals surface area contributed by atoms with Crippen LogP contribution >= 0.6 is 0 Å². The number of amides is 2. The molecule has 8 heteroatoms. The van der Waals surface area contributed by atoms with Gasteiger partial charge in [0.1, 0.15) is 5.75 Å². The average Bonchev–Trinajstić information content (AvgIpc) is 2.57. The van der Waals surface area contributed by atoms with Gasteiger partial charge >= 0.3 is 11.8 Å². The fourth-order valence-corrected chi connectivity index (χ4v) is 1.79. The molecule has 0 radical (unpaired) electrons. The summed E-state index contributed by atoms with van der Waals surface area (Å²) in [7, 11) is 0. The molecule has 0 aromatic heterocycles. The van der Waals surface area contributed by atoms with Crippen molar-refractivity contribution in [2.75, 3.05) is 17.2 Å². The second-order valence-electron chi connectivity index (χ2n) is 4.59. The highest BCUT2D eigenvalue weighted by atomic mass is 19.2. The molecule has 2 amide bonds. The first-order valence-corrected chi connectivity index (χ1v) is 6.91. The first-order valence-electron chi connectivity index (χ1n) is 6.91. The lowest BCUT2D eigenvalue weighted by Gasteiger charge is -2.09. The van der Waals surface area contributed by atoms with E-state index < -0.39 is 35.0 Å². The molecule has 0 saturated carbocycles. The zero-order chi connectivity index (χ0) is 17.7. The average molecular weight is 338 g/mol. The van der Waals surface area contributed by atoms with Crippen LogP contribution in [-0.2, 0) is 9.59 Å². The molecule has 0 spiro atoms. The molecule has 2 rings (SSSR count). The van der Waals surface area contributed by atoms with Gasteiger partial charge in [0.25, 0.3) is 0 Å². The number of anilines is 2. The van der Waals surface area contributed by atoms with E-state index in [0.717, 1.165) is 6.07 Å². The van der Waals surface area contributed by atoms with E-state index in [9.17, 15) is 22.8 Å². The lowest BCUT2D eigenvalue weighted by molar-refractivity contribution is -0.133. The van der Waals surface area contributed by atoms with Crippen LogP contribution in [0, 0.1) is 17.5 Å². The number of nitrogens with one attached hydrogen (secondary N) is 2. The van der Waals surface area contributed by atoms with Gasteiger partial charge in [-0.05, 0) is 43.3 Å². The van der Waals surface area contributed by atoms with Crippen molar-refractivity contribution >= 4 is 23.2 Å². The third kappa shape index (κ3) is 4.03. The normalized spacial score (nSPS) is 10.2. The maximum Gasteiger partial charge on any atom is 0.314 e. The van der Waals surface area contributed by atoms with E-state index in [4.69, 9.17) is 4.74 Å². The quantitative estimate of drug-likeness (QED) is 0.665. The summed E-state index contributed by atoms with van der Waals surface area (Å²) in [6.07, 6.45) is 0. The van der Waals surface area contributed by atoms with Gasteiger partial charge in [0.05, 0.1) is 12.3 Å². The molecule has 0 fully saturated rings. The van der Waals surface area contributed by atoms with E-state index in [1.165, 1.54) is 12.1 Å². The predicted octanol–water partition coefficient (Wildman–Crippen LogP) is 3.08. The molecule has 24 heavy (non-hydrogen) atoms. The fraction of sp³-hybridized carbons (Fsp3) is 0.125. The van der Waals surface area contributed by atoms with Crippen LogP contribution in [0.15, 0.2) is 36.4 Å². The Bertz CT molecular complexity index is 764. The van der Waals surface area contributed by atoms with E-state index in [0.29, 0.717) is 24.1 Å². The molecule has 2 N–H and O–H groups in total. The second-order valence-corrected chi connectivity index (χ2v) is 4.59. The predicted molar refractivity (Wildman–Crippen MR) is 81.2 cm³/mol. The van der Waals surface area contributed by atoms with Gasteiger partial charge < -0.3 is 15.4 Å². The van der Waals surface area contributed by atoms with E-state index in [1.54, 1.807) is 12.1 Å². The monoisotopic (exact) mass is 338 g/mol. The molecule has 0 unspecified atom stereocenters. The fourth-order valence-electron chi connectivity index (χ4n) is 1.79. The number of carbonyl (C=O) groups is 2. The third-order valence-corrected chi connectivity index (χ3v) is 2.91. The standard InChI is InChI=1S/C16H13F3N2O3/c1-2-24-10-5-3-9(4-6-10)20-15(22)16(23)21-12-8-7-11(17)13(18)14(12)19/h3-8H,2H2,1H3,(H,20,22)(H,21,23). The number of halogens is 3. The highest BCUT2D eigenvalue weighted by Gasteiger charge is 2.19. The summed E-state index contributed by atoms with van der Waals surface area (Å²) in [4.78, 5) is 23.4. The Hall–Kier alpha value is -3.03. The molecule has 2 aromatic carbocycles. The van der Waals surface area contributed by atoms with Crippen molar-refractivity contribution in [3.63, 3.8) is 0 Å². The molecular weight excluding hydrogens is 325 g/mol. The molecule has 0 bridgehead atoms. The summed E-state index contributed by atoms with van der Waals surface area (Å²) in [5, 5.41) is 4.15. The molecule has 0 heterocycles. The smallest absolute Gasteiger partial charge is 0.314 e. The molecule has 0 saturated heterocycles. The van der Waals surface area contributed by atoms with Gasteiger partial charge in [0.15, 0.2) is 17.5 Å². The van der Waals surface area contributed by atoms with E-state index in [1.807, 2.05) is 12.2 Å². The topological polar surface area (TPSA) is 67.4 Å². The van der Waals surface area contributed by atoms with Crippen molar-refractivity contribution in [3.8, 4) is 5.75 Å². The number of benzene rings is 2. The zero-order valence-electron chi connectivity index (χ0n) is 12.5. The highest BCUT2D eigenvalue weighted by Crippen LogP contribution is 2.20. The van der Waals surface area contributed by atoms with Crippen molar-refractivity contribution in [1.82, 2.24) is 0 Å². The Morgan fingerprint density at radius 1 is 0.917 bits per heavy atom. The first kappa shape index (κ1) is 17.3. The van der Waals surface area contributed by atoms with Crippen LogP contribution in [-0.4, -0.2) is 18.4 Å². The highest BCUT2D eigenvalue weighted by molar-refractivity contribution is 6.43. The van der Waals surface area contributed by atoms with Crippen molar-refractivity contribution in [2.24, 2.45) is 0 Å². The lowest BCUT2D eigenvalue weighted by atomic mass is 10.2. The van der Waals surface area contributed by atoms with Crippen LogP contribution in [0.3, 0.4) is 0 Å². The summed E-state index contributed by atoms with van der Waals surface area (Å²) < 4.78 is 44.6. The van der Waals surface area contributed by atoms with Crippen LogP contribution in [0.1, 0.15) is 6.92 Å². The van der Waals surface area contributed by atoms with Crippen LogP contribution in [0.5, 0.6) is 5.75 Å². The zero-order valence-corrected chi connectivity index (χ0v) is 12.5. The van der Waals surface area contributed by atoms with E-state index in [2.05, 4.69) is 5.32 Å². The lowest BCUT2D eigenvalue weighted by Crippen LogP contribution is -2.29. The van der Waals surface area contributed by atoms with Crippen LogP contribution in [0.25, 0.3) is 0 Å². The third-order valence-electron chi connectivity index (χ3n) is 2.91. The molecule has 2 aromatic rings. The Kier molecular flexibility index (Phi) is 5.41. The minimum absolute atomic E-state index is 0.310. The largest absolute Gasteiger partial charge is 0.494 e. The molecular formula is C16H13F3N2O3. The maximum absolute atomic E-state index is 13.5. The molecule has 0 aliphatic rings. The van der Waals surface area contributed by atoms with Crippen molar-refractivity contribution in [1.29, 1.82) is 0 Å². The SMILES string of the molecule is CCOc1ccc(NC(=O)C(=O)Nc2ccc(F)c(F)c2F)cc1. The molecule has 0 aliphatic heterocycles. The summed E-state index contributed by atoms with van der Waals surface area (Å²) >= 11 is 0. The Balaban J connectivity index is 2.02. The first-order chi connectivity index (χ1) is 11.4. The number of hydrogen-bond acceptors (Lipinski definition) is 3.